The van der Waals surface area contributed by atoms with Gasteiger partial charge < -0.3 is 5.11 Å². The summed E-state index contributed by atoms with van der Waals surface area (Å²) in [6.07, 6.45) is 1.46. The predicted octanol–water partition coefficient (Wildman–Crippen LogP) is 3.86. The Bertz CT molecular complexity index is 492. The molecule has 94 valence electrons. The molecule has 18 heavy (non-hydrogen) atoms. The lowest BCUT2D eigenvalue weighted by molar-refractivity contribution is 0.0701. The molecule has 0 aliphatic heterocycles. The number of benzene rings is 2. The van der Waals surface area contributed by atoms with Crippen LogP contribution in [-0.4, -0.2) is 5.11 Å². The summed E-state index contributed by atoms with van der Waals surface area (Å²) < 4.78 is 13.0. The largest absolute Gasteiger partial charge is 0.380 e. The quantitative estimate of drug-likeness (QED) is 0.865. The molecule has 1 nitrogen and oxygen atoms in total. The summed E-state index contributed by atoms with van der Waals surface area (Å²) >= 11 is 0. The van der Waals surface area contributed by atoms with Crippen LogP contribution in [0.3, 0.4) is 0 Å². The first-order valence-electron chi connectivity index (χ1n) is 6.21. The van der Waals surface area contributed by atoms with Crippen molar-refractivity contribution >= 4 is 0 Å². The zero-order valence-corrected chi connectivity index (χ0v) is 10.4. The fourth-order valence-electron chi connectivity index (χ4n) is 2.26. The second-order valence-electron chi connectivity index (χ2n) is 4.48. The summed E-state index contributed by atoms with van der Waals surface area (Å²) in [6, 6.07) is 15.6. The first-order chi connectivity index (χ1) is 8.66. The van der Waals surface area contributed by atoms with Gasteiger partial charge in [-0.25, -0.2) is 4.39 Å². The number of hydrogen-bond acceptors (Lipinski definition) is 1. The second-order valence-corrected chi connectivity index (χ2v) is 4.48. The molecular formula is C16H17FO. The van der Waals surface area contributed by atoms with Crippen molar-refractivity contribution in [1.29, 1.82) is 0 Å². The van der Waals surface area contributed by atoms with E-state index in [1.165, 1.54) is 12.1 Å². The molecule has 1 unspecified atom stereocenters. The highest BCUT2D eigenvalue weighted by Gasteiger charge is 2.30. The Hall–Kier alpha value is -1.67. The van der Waals surface area contributed by atoms with Crippen LogP contribution in [0.4, 0.5) is 4.39 Å². The lowest BCUT2D eigenvalue weighted by Crippen LogP contribution is -2.27. The number of aliphatic hydroxyl groups is 1. The van der Waals surface area contributed by atoms with Crippen molar-refractivity contribution in [1.82, 2.24) is 0 Å². The van der Waals surface area contributed by atoms with E-state index < -0.39 is 5.60 Å². The normalized spacial score (nSPS) is 14.2. The topological polar surface area (TPSA) is 20.2 Å². The Morgan fingerprint density at radius 2 is 1.50 bits per heavy atom. The standard InChI is InChI=1S/C16H17FO/c1-2-12-16(18,13-6-4-3-5-7-13)14-8-10-15(17)11-9-14/h3-11,18H,2,12H2,1H3. The van der Waals surface area contributed by atoms with Crippen LogP contribution >= 0.6 is 0 Å². The minimum absolute atomic E-state index is 0.286. The second kappa shape index (κ2) is 5.32. The maximum absolute atomic E-state index is 13.0. The Morgan fingerprint density at radius 1 is 0.944 bits per heavy atom. The third-order valence-electron chi connectivity index (χ3n) is 3.18. The molecule has 2 aromatic rings. The average Bonchev–Trinajstić information content (AvgIpc) is 2.40. The smallest absolute Gasteiger partial charge is 0.123 e. The van der Waals surface area contributed by atoms with E-state index in [2.05, 4.69) is 0 Å². The van der Waals surface area contributed by atoms with E-state index in [0.29, 0.717) is 6.42 Å². The van der Waals surface area contributed by atoms with Gasteiger partial charge in [0, 0.05) is 0 Å². The molecule has 0 radical (unpaired) electrons. The molecule has 0 bridgehead atoms. The lowest BCUT2D eigenvalue weighted by atomic mass is 9.83. The molecule has 2 aromatic carbocycles. The highest BCUT2D eigenvalue weighted by atomic mass is 19.1. The van der Waals surface area contributed by atoms with E-state index in [9.17, 15) is 9.50 Å². The fraction of sp³-hybridized carbons (Fsp3) is 0.250. The molecule has 0 aliphatic rings. The maximum atomic E-state index is 13.0. The highest BCUT2D eigenvalue weighted by molar-refractivity contribution is 5.35. The fourth-order valence-corrected chi connectivity index (χ4v) is 2.26. The summed E-state index contributed by atoms with van der Waals surface area (Å²) in [4.78, 5) is 0. The summed E-state index contributed by atoms with van der Waals surface area (Å²) in [7, 11) is 0. The van der Waals surface area contributed by atoms with Gasteiger partial charge in [-0.1, -0.05) is 55.8 Å². The van der Waals surface area contributed by atoms with Crippen molar-refractivity contribution < 1.29 is 9.50 Å². The molecule has 0 amide bonds. The van der Waals surface area contributed by atoms with Gasteiger partial charge in [0.2, 0.25) is 0 Å². The summed E-state index contributed by atoms with van der Waals surface area (Å²) in [5, 5.41) is 10.9. The van der Waals surface area contributed by atoms with Crippen molar-refractivity contribution in [2.45, 2.75) is 25.4 Å². The third-order valence-corrected chi connectivity index (χ3v) is 3.18. The summed E-state index contributed by atoms with van der Waals surface area (Å²) in [5.74, 6) is -0.286. The van der Waals surface area contributed by atoms with E-state index in [-0.39, 0.29) is 5.82 Å². The van der Waals surface area contributed by atoms with Crippen LogP contribution in [0.15, 0.2) is 54.6 Å². The van der Waals surface area contributed by atoms with Crippen molar-refractivity contribution in [2.24, 2.45) is 0 Å². The SMILES string of the molecule is CCCC(O)(c1ccccc1)c1ccc(F)cc1. The molecule has 0 heterocycles. The summed E-state index contributed by atoms with van der Waals surface area (Å²) in [6.45, 7) is 2.03. The van der Waals surface area contributed by atoms with E-state index in [1.54, 1.807) is 12.1 Å². The third kappa shape index (κ3) is 2.44. The molecule has 2 heteroatoms. The predicted molar refractivity (Wildman–Crippen MR) is 70.7 cm³/mol. The van der Waals surface area contributed by atoms with Crippen molar-refractivity contribution in [3.05, 3.63) is 71.5 Å². The van der Waals surface area contributed by atoms with Crippen LogP contribution in [0.5, 0.6) is 0 Å². The Labute approximate surface area is 107 Å². The maximum Gasteiger partial charge on any atom is 0.123 e. The molecule has 0 saturated heterocycles. The van der Waals surface area contributed by atoms with Crippen LogP contribution < -0.4 is 0 Å². The van der Waals surface area contributed by atoms with Gasteiger partial charge in [0.05, 0.1) is 0 Å². The van der Waals surface area contributed by atoms with Gasteiger partial charge in [0.15, 0.2) is 0 Å². The number of rotatable bonds is 4. The van der Waals surface area contributed by atoms with Crippen molar-refractivity contribution in [2.75, 3.05) is 0 Å². The Balaban J connectivity index is 2.47. The molecule has 1 N–H and O–H groups in total. The van der Waals surface area contributed by atoms with Crippen LogP contribution in [0.25, 0.3) is 0 Å². The average molecular weight is 244 g/mol. The monoisotopic (exact) mass is 244 g/mol. The van der Waals surface area contributed by atoms with E-state index in [1.807, 2.05) is 37.3 Å². The van der Waals surface area contributed by atoms with Gasteiger partial charge in [-0.05, 0) is 29.7 Å². The zero-order chi connectivity index (χ0) is 13.0. The van der Waals surface area contributed by atoms with Crippen LogP contribution in [0.2, 0.25) is 0 Å². The lowest BCUT2D eigenvalue weighted by Gasteiger charge is -2.29. The van der Waals surface area contributed by atoms with Crippen LogP contribution in [-0.2, 0) is 5.60 Å². The first kappa shape index (κ1) is 12.8. The summed E-state index contributed by atoms with van der Waals surface area (Å²) in [5.41, 5.74) is 0.541. The van der Waals surface area contributed by atoms with Gasteiger partial charge in [0.1, 0.15) is 11.4 Å². The van der Waals surface area contributed by atoms with Gasteiger partial charge >= 0.3 is 0 Å². The zero-order valence-electron chi connectivity index (χ0n) is 10.4. The number of hydrogen-bond donors (Lipinski definition) is 1. The van der Waals surface area contributed by atoms with Crippen LogP contribution in [0.1, 0.15) is 30.9 Å². The molecule has 2 rings (SSSR count). The Morgan fingerprint density at radius 3 is 2.06 bits per heavy atom. The van der Waals surface area contributed by atoms with Gasteiger partial charge in [-0.2, -0.15) is 0 Å². The molecule has 0 spiro atoms. The van der Waals surface area contributed by atoms with E-state index >= 15 is 0 Å². The van der Waals surface area contributed by atoms with Gasteiger partial charge in [0.25, 0.3) is 0 Å². The van der Waals surface area contributed by atoms with Gasteiger partial charge in [-0.15, -0.1) is 0 Å². The molecule has 1 atom stereocenters. The molecule has 0 saturated carbocycles. The molecule has 0 aliphatic carbocycles. The minimum atomic E-state index is -1.04. The molecular weight excluding hydrogens is 227 g/mol. The molecule has 0 fully saturated rings. The Kier molecular flexibility index (Phi) is 3.78. The van der Waals surface area contributed by atoms with Crippen molar-refractivity contribution in [3.8, 4) is 0 Å². The van der Waals surface area contributed by atoms with E-state index in [4.69, 9.17) is 0 Å². The van der Waals surface area contributed by atoms with Crippen LogP contribution in [0, 0.1) is 5.82 Å². The minimum Gasteiger partial charge on any atom is -0.380 e. The van der Waals surface area contributed by atoms with Crippen molar-refractivity contribution in [3.63, 3.8) is 0 Å². The first-order valence-corrected chi connectivity index (χ1v) is 6.21. The van der Waals surface area contributed by atoms with E-state index in [0.717, 1.165) is 17.5 Å². The van der Waals surface area contributed by atoms with Gasteiger partial charge in [-0.3, -0.25) is 0 Å². The highest BCUT2D eigenvalue weighted by Crippen LogP contribution is 2.33. The number of halogens is 1. The molecule has 0 aromatic heterocycles.